The normalized spacial score (nSPS) is 14.2. The molecule has 1 fully saturated rings. The van der Waals surface area contributed by atoms with Crippen LogP contribution in [0.5, 0.6) is 0 Å². The van der Waals surface area contributed by atoms with Crippen LogP contribution in [0.2, 0.25) is 0 Å². The molecule has 0 saturated carbocycles. The fourth-order valence-corrected chi connectivity index (χ4v) is 3.13. The molecule has 7 nitrogen and oxygen atoms in total. The van der Waals surface area contributed by atoms with Gasteiger partial charge in [0.25, 0.3) is 5.69 Å². The summed E-state index contributed by atoms with van der Waals surface area (Å²) in [6, 6.07) is 12.5. The predicted molar refractivity (Wildman–Crippen MR) is 94.3 cm³/mol. The van der Waals surface area contributed by atoms with E-state index in [2.05, 4.69) is 0 Å². The van der Waals surface area contributed by atoms with Crippen molar-refractivity contribution in [3.63, 3.8) is 0 Å². The van der Waals surface area contributed by atoms with E-state index in [-0.39, 0.29) is 23.1 Å². The van der Waals surface area contributed by atoms with Gasteiger partial charge >= 0.3 is 0 Å². The van der Waals surface area contributed by atoms with E-state index in [9.17, 15) is 19.7 Å². The number of nitrogens with zero attached hydrogens (tertiary/aromatic N) is 2. The summed E-state index contributed by atoms with van der Waals surface area (Å²) in [7, 11) is 0. The van der Waals surface area contributed by atoms with Crippen LogP contribution in [-0.2, 0) is 4.79 Å². The summed E-state index contributed by atoms with van der Waals surface area (Å²) >= 11 is 0. The lowest BCUT2D eigenvalue weighted by Gasteiger charge is -2.16. The number of non-ortho nitro benzene ring substituents is 1. The van der Waals surface area contributed by atoms with Gasteiger partial charge in [-0.05, 0) is 30.7 Å². The summed E-state index contributed by atoms with van der Waals surface area (Å²) in [6.45, 7) is 0.644. The maximum absolute atomic E-state index is 12.8. The van der Waals surface area contributed by atoms with E-state index in [4.69, 9.17) is 4.42 Å². The molecular formula is C19H14N2O5. The Morgan fingerprint density at radius 1 is 1.15 bits per heavy atom. The maximum atomic E-state index is 12.8. The summed E-state index contributed by atoms with van der Waals surface area (Å²) in [4.78, 5) is 36.7. The molecule has 1 amide bonds. The number of carbonyl (C=O) groups is 2. The molecule has 0 atom stereocenters. The third-order valence-electron chi connectivity index (χ3n) is 4.43. The minimum Gasteiger partial charge on any atom is -0.453 e. The van der Waals surface area contributed by atoms with Crippen LogP contribution in [0.15, 0.2) is 52.9 Å². The molecule has 1 aliphatic rings. The molecule has 7 heteroatoms. The lowest BCUT2D eigenvalue weighted by Crippen LogP contribution is -2.23. The number of amides is 1. The zero-order valence-corrected chi connectivity index (χ0v) is 13.7. The molecule has 4 rings (SSSR count). The predicted octanol–water partition coefficient (Wildman–Crippen LogP) is 3.70. The van der Waals surface area contributed by atoms with Crippen molar-refractivity contribution in [3.8, 4) is 0 Å². The van der Waals surface area contributed by atoms with E-state index in [0.717, 1.165) is 6.42 Å². The highest BCUT2D eigenvalue weighted by molar-refractivity contribution is 6.10. The van der Waals surface area contributed by atoms with Gasteiger partial charge < -0.3 is 9.32 Å². The van der Waals surface area contributed by atoms with Gasteiger partial charge in [-0.2, -0.15) is 0 Å². The highest BCUT2D eigenvalue weighted by atomic mass is 16.6. The Kier molecular flexibility index (Phi) is 3.76. The van der Waals surface area contributed by atoms with Crippen LogP contribution in [0.25, 0.3) is 11.0 Å². The second-order valence-electron chi connectivity index (χ2n) is 6.12. The minimum atomic E-state index is -0.496. The van der Waals surface area contributed by atoms with Crippen molar-refractivity contribution in [2.45, 2.75) is 12.8 Å². The smallest absolute Gasteiger partial charge is 0.270 e. The quantitative estimate of drug-likeness (QED) is 0.406. The van der Waals surface area contributed by atoms with E-state index < -0.39 is 4.92 Å². The number of hydrogen-bond donors (Lipinski definition) is 0. The van der Waals surface area contributed by atoms with Gasteiger partial charge in [-0.15, -0.1) is 0 Å². The maximum Gasteiger partial charge on any atom is 0.270 e. The number of nitro groups is 1. The van der Waals surface area contributed by atoms with Gasteiger partial charge in [-0.25, -0.2) is 0 Å². The molecule has 1 saturated heterocycles. The van der Waals surface area contributed by atoms with Crippen molar-refractivity contribution in [2.75, 3.05) is 11.4 Å². The monoisotopic (exact) mass is 350 g/mol. The highest BCUT2D eigenvalue weighted by Gasteiger charge is 2.23. The van der Waals surface area contributed by atoms with Gasteiger partial charge in [0.05, 0.1) is 4.92 Å². The molecule has 0 unspecified atom stereocenters. The SMILES string of the molecule is O=C(c1cccc(N2CCCC2=O)c1)c1cc2cc([N+](=O)[O-])ccc2o1. The van der Waals surface area contributed by atoms with Gasteiger partial charge in [0.1, 0.15) is 5.58 Å². The van der Waals surface area contributed by atoms with Crippen LogP contribution in [-0.4, -0.2) is 23.2 Å². The van der Waals surface area contributed by atoms with Crippen molar-refractivity contribution < 1.29 is 18.9 Å². The number of anilines is 1. The van der Waals surface area contributed by atoms with E-state index in [1.807, 2.05) is 0 Å². The van der Waals surface area contributed by atoms with Crippen LogP contribution in [0, 0.1) is 10.1 Å². The standard InChI is InChI=1S/C19H14N2O5/c22-18-5-2-8-20(18)14-4-1-3-12(9-14)19(23)17-11-13-10-15(21(24)25)6-7-16(13)26-17/h1,3-4,6-7,9-11H,2,5,8H2. The van der Waals surface area contributed by atoms with E-state index >= 15 is 0 Å². The number of hydrogen-bond acceptors (Lipinski definition) is 5. The average Bonchev–Trinajstić information content (AvgIpc) is 3.26. The number of ketones is 1. The first-order chi connectivity index (χ1) is 12.5. The zero-order valence-electron chi connectivity index (χ0n) is 13.7. The molecule has 3 aromatic rings. The fraction of sp³-hybridized carbons (Fsp3) is 0.158. The Labute approximate surface area is 148 Å². The first-order valence-corrected chi connectivity index (χ1v) is 8.16. The topological polar surface area (TPSA) is 93.7 Å². The van der Waals surface area contributed by atoms with Gasteiger partial charge in [-0.1, -0.05) is 12.1 Å². The summed E-state index contributed by atoms with van der Waals surface area (Å²) < 4.78 is 5.55. The van der Waals surface area contributed by atoms with Crippen molar-refractivity contribution in [1.82, 2.24) is 0 Å². The van der Waals surface area contributed by atoms with Gasteiger partial charge in [-0.3, -0.25) is 19.7 Å². The van der Waals surface area contributed by atoms with Gasteiger partial charge in [0, 0.05) is 41.7 Å². The second kappa shape index (κ2) is 6.11. The van der Waals surface area contributed by atoms with Gasteiger partial charge in [0.15, 0.2) is 5.76 Å². The van der Waals surface area contributed by atoms with E-state index in [1.165, 1.54) is 24.3 Å². The molecule has 0 bridgehead atoms. The van der Waals surface area contributed by atoms with Crippen molar-refractivity contribution >= 4 is 34.0 Å². The van der Waals surface area contributed by atoms with Crippen LogP contribution in [0.1, 0.15) is 29.0 Å². The van der Waals surface area contributed by atoms with Crippen LogP contribution in [0.3, 0.4) is 0 Å². The molecule has 0 aliphatic carbocycles. The summed E-state index contributed by atoms with van der Waals surface area (Å²) in [5.41, 5.74) is 1.43. The van der Waals surface area contributed by atoms with Crippen LogP contribution in [0.4, 0.5) is 11.4 Å². The first kappa shape index (κ1) is 16.0. The minimum absolute atomic E-state index is 0.0469. The third kappa shape index (κ3) is 2.73. The molecule has 2 heterocycles. The summed E-state index contributed by atoms with van der Waals surface area (Å²) in [6.07, 6.45) is 1.32. The Balaban J connectivity index is 1.68. The number of nitro benzene ring substituents is 1. The molecule has 1 aliphatic heterocycles. The summed E-state index contributed by atoms with van der Waals surface area (Å²) in [5, 5.41) is 11.4. The number of benzene rings is 2. The van der Waals surface area contributed by atoms with Crippen molar-refractivity contribution in [1.29, 1.82) is 0 Å². The molecule has 0 spiro atoms. The second-order valence-corrected chi connectivity index (χ2v) is 6.12. The Morgan fingerprint density at radius 2 is 2.00 bits per heavy atom. The van der Waals surface area contributed by atoms with E-state index in [1.54, 1.807) is 29.2 Å². The molecule has 26 heavy (non-hydrogen) atoms. The lowest BCUT2D eigenvalue weighted by molar-refractivity contribution is -0.384. The Morgan fingerprint density at radius 3 is 2.73 bits per heavy atom. The van der Waals surface area contributed by atoms with E-state index in [0.29, 0.717) is 35.2 Å². The number of furan rings is 1. The molecule has 1 aromatic heterocycles. The number of rotatable bonds is 4. The van der Waals surface area contributed by atoms with Crippen LogP contribution >= 0.6 is 0 Å². The molecule has 130 valence electrons. The average molecular weight is 350 g/mol. The molecule has 0 N–H and O–H groups in total. The zero-order chi connectivity index (χ0) is 18.3. The highest BCUT2D eigenvalue weighted by Crippen LogP contribution is 2.27. The van der Waals surface area contributed by atoms with Crippen molar-refractivity contribution in [2.24, 2.45) is 0 Å². The lowest BCUT2D eigenvalue weighted by atomic mass is 10.1. The molecular weight excluding hydrogens is 336 g/mol. The largest absolute Gasteiger partial charge is 0.453 e. The fourth-order valence-electron chi connectivity index (χ4n) is 3.13. The Hall–Kier alpha value is -3.48. The number of carbonyl (C=O) groups excluding carboxylic acids is 2. The van der Waals surface area contributed by atoms with Crippen LogP contribution < -0.4 is 4.90 Å². The van der Waals surface area contributed by atoms with Crippen molar-refractivity contribution in [3.05, 3.63) is 70.0 Å². The Bertz CT molecular complexity index is 1050. The third-order valence-corrected chi connectivity index (χ3v) is 4.43. The first-order valence-electron chi connectivity index (χ1n) is 8.16. The number of fused-ring (bicyclic) bond motifs is 1. The molecule has 2 aromatic carbocycles. The summed E-state index contributed by atoms with van der Waals surface area (Å²) in [5.74, 6) is -0.187. The molecule has 0 radical (unpaired) electrons. The van der Waals surface area contributed by atoms with Gasteiger partial charge in [0.2, 0.25) is 11.7 Å².